The van der Waals surface area contributed by atoms with Gasteiger partial charge < -0.3 is 24.8 Å². The fourth-order valence-corrected chi connectivity index (χ4v) is 3.96. The van der Waals surface area contributed by atoms with Gasteiger partial charge in [0, 0.05) is 32.7 Å². The summed E-state index contributed by atoms with van der Waals surface area (Å²) in [5.41, 5.74) is -0.446. The summed E-state index contributed by atoms with van der Waals surface area (Å²) in [5.74, 6) is 1.62. The number of hydrogen-bond donors (Lipinski definition) is 1. The topological polar surface area (TPSA) is 60.4 Å². The number of fused-ring (bicyclic) bond motifs is 1. The summed E-state index contributed by atoms with van der Waals surface area (Å²) in [5, 5.41) is 3.55. The van der Waals surface area contributed by atoms with Crippen molar-refractivity contribution in [2.45, 2.75) is 52.2 Å². The third-order valence-electron chi connectivity index (χ3n) is 5.24. The normalized spacial score (nSPS) is 24.1. The van der Waals surface area contributed by atoms with E-state index < -0.39 is 5.60 Å². The van der Waals surface area contributed by atoms with Crippen LogP contribution in [-0.2, 0) is 4.74 Å². The van der Waals surface area contributed by atoms with Gasteiger partial charge in [-0.3, -0.25) is 4.99 Å². The molecule has 2 fully saturated rings. The van der Waals surface area contributed by atoms with Gasteiger partial charge in [0.2, 0.25) is 0 Å². The van der Waals surface area contributed by atoms with E-state index in [1.54, 1.807) is 0 Å². The van der Waals surface area contributed by atoms with Gasteiger partial charge in [-0.25, -0.2) is 4.79 Å². The molecule has 8 heteroatoms. The molecule has 0 spiro atoms. The minimum absolute atomic E-state index is 0. The monoisotopic (exact) mass is 493 g/mol. The number of carbonyl (C=O) groups excluding carboxylic acids is 1. The summed E-state index contributed by atoms with van der Waals surface area (Å²) in [6.45, 7) is 15.6. The first-order valence-corrected chi connectivity index (χ1v) is 10.1. The fourth-order valence-electron chi connectivity index (χ4n) is 3.96. The van der Waals surface area contributed by atoms with Crippen LogP contribution in [0.4, 0.5) is 4.79 Å². The van der Waals surface area contributed by atoms with Crippen LogP contribution in [0.2, 0.25) is 0 Å². The summed E-state index contributed by atoms with van der Waals surface area (Å²) < 4.78 is 5.51. The van der Waals surface area contributed by atoms with Crippen molar-refractivity contribution in [1.82, 2.24) is 20.0 Å². The lowest BCUT2D eigenvalue weighted by atomic mass is 10.1. The van der Waals surface area contributed by atoms with Crippen LogP contribution in [0.15, 0.2) is 4.99 Å². The van der Waals surface area contributed by atoms with Crippen molar-refractivity contribution in [3.8, 4) is 0 Å². The first kappa shape index (κ1) is 22.5. The molecule has 2 saturated heterocycles. The summed E-state index contributed by atoms with van der Waals surface area (Å²) in [4.78, 5) is 23.7. The van der Waals surface area contributed by atoms with Crippen molar-refractivity contribution < 1.29 is 9.53 Å². The largest absolute Gasteiger partial charge is 0.444 e. The van der Waals surface area contributed by atoms with Gasteiger partial charge in [0.05, 0.1) is 12.6 Å². The third-order valence-corrected chi connectivity index (χ3v) is 5.24. The number of halogens is 1. The van der Waals surface area contributed by atoms with Crippen LogP contribution in [0.1, 0.15) is 40.5 Å². The molecule has 3 aliphatic rings. The number of aliphatic imine (C=N–C) groups is 1. The first-order valence-electron chi connectivity index (χ1n) is 10.1. The maximum absolute atomic E-state index is 12.3. The molecule has 1 N–H and O–H groups in total. The Hall–Kier alpha value is -0.770. The van der Waals surface area contributed by atoms with Crippen molar-refractivity contribution in [2.75, 3.05) is 52.4 Å². The predicted octanol–water partition coefficient (Wildman–Crippen LogP) is 2.22. The van der Waals surface area contributed by atoms with Gasteiger partial charge in [-0.15, -0.1) is 24.0 Å². The number of amides is 1. The molecule has 0 saturated carbocycles. The SMILES string of the molecule is CC(CNC1=NCC2CN(C(=O)OC(C)(C)C)CCN12)CN1CCCC1.I. The van der Waals surface area contributed by atoms with E-state index in [-0.39, 0.29) is 36.1 Å². The average molecular weight is 493 g/mol. The van der Waals surface area contributed by atoms with E-state index in [0.29, 0.717) is 19.0 Å². The zero-order valence-electron chi connectivity index (χ0n) is 17.2. The Morgan fingerprint density at radius 3 is 2.63 bits per heavy atom. The van der Waals surface area contributed by atoms with E-state index >= 15 is 0 Å². The lowest BCUT2D eigenvalue weighted by Gasteiger charge is -2.39. The smallest absolute Gasteiger partial charge is 0.410 e. The van der Waals surface area contributed by atoms with Crippen LogP contribution in [0.5, 0.6) is 0 Å². The highest BCUT2D eigenvalue weighted by Crippen LogP contribution is 2.19. The van der Waals surface area contributed by atoms with Crippen LogP contribution < -0.4 is 5.32 Å². The standard InChI is InChI=1S/C19H35N5O2.HI/c1-15(13-22-7-5-6-8-22)11-20-17-21-12-16-14-23(9-10-24(16)17)18(25)26-19(2,3)4;/h15-16H,5-14H2,1-4H3,(H,20,21);1H. The number of nitrogens with one attached hydrogen (secondary N) is 1. The van der Waals surface area contributed by atoms with Crippen molar-refractivity contribution in [3.63, 3.8) is 0 Å². The Balaban J connectivity index is 0.00000261. The lowest BCUT2D eigenvalue weighted by molar-refractivity contribution is 0.0137. The Morgan fingerprint density at radius 2 is 1.96 bits per heavy atom. The van der Waals surface area contributed by atoms with Crippen LogP contribution in [0, 0.1) is 5.92 Å². The summed E-state index contributed by atoms with van der Waals surface area (Å²) in [6, 6.07) is 0.271. The van der Waals surface area contributed by atoms with Gasteiger partial charge in [-0.1, -0.05) is 6.92 Å². The average Bonchev–Trinajstić information content (AvgIpc) is 3.20. The molecule has 3 aliphatic heterocycles. The molecule has 0 aromatic carbocycles. The lowest BCUT2D eigenvalue weighted by Crippen LogP contribution is -2.57. The number of hydrogen-bond acceptors (Lipinski definition) is 6. The number of rotatable bonds is 4. The first-order chi connectivity index (χ1) is 12.3. The molecule has 27 heavy (non-hydrogen) atoms. The van der Waals surface area contributed by atoms with Gasteiger partial charge in [0.1, 0.15) is 5.60 Å². The molecule has 0 aliphatic carbocycles. The Labute approximate surface area is 180 Å². The van der Waals surface area contributed by atoms with E-state index in [1.165, 1.54) is 25.9 Å². The van der Waals surface area contributed by atoms with Gasteiger partial charge in [0.25, 0.3) is 0 Å². The maximum Gasteiger partial charge on any atom is 0.410 e. The summed E-state index contributed by atoms with van der Waals surface area (Å²) in [6.07, 6.45) is 2.48. The minimum atomic E-state index is -0.446. The minimum Gasteiger partial charge on any atom is -0.444 e. The number of nitrogens with zero attached hydrogens (tertiary/aromatic N) is 4. The zero-order valence-corrected chi connectivity index (χ0v) is 19.6. The van der Waals surface area contributed by atoms with Crippen LogP contribution >= 0.6 is 24.0 Å². The van der Waals surface area contributed by atoms with Crippen LogP contribution in [0.25, 0.3) is 0 Å². The van der Waals surface area contributed by atoms with E-state index in [9.17, 15) is 4.79 Å². The summed E-state index contributed by atoms with van der Waals surface area (Å²) in [7, 11) is 0. The van der Waals surface area contributed by atoms with E-state index in [4.69, 9.17) is 9.73 Å². The second-order valence-corrected chi connectivity index (χ2v) is 8.93. The maximum atomic E-state index is 12.3. The number of likely N-dealkylation sites (tertiary alicyclic amines) is 1. The molecule has 3 heterocycles. The quantitative estimate of drug-likeness (QED) is 0.609. The molecule has 1 amide bonds. The Morgan fingerprint density at radius 1 is 1.26 bits per heavy atom. The van der Waals surface area contributed by atoms with Crippen molar-refractivity contribution in [2.24, 2.45) is 10.9 Å². The highest BCUT2D eigenvalue weighted by atomic mass is 127. The second kappa shape index (κ2) is 9.62. The molecule has 2 atom stereocenters. The second-order valence-electron chi connectivity index (χ2n) is 8.93. The van der Waals surface area contributed by atoms with Crippen molar-refractivity contribution in [3.05, 3.63) is 0 Å². The molecule has 0 aromatic heterocycles. The third kappa shape index (κ3) is 6.37. The molecule has 2 unspecified atom stereocenters. The highest BCUT2D eigenvalue weighted by molar-refractivity contribution is 14.0. The fraction of sp³-hybridized carbons (Fsp3) is 0.895. The Bertz CT molecular complexity index is 531. The van der Waals surface area contributed by atoms with E-state index in [1.807, 2.05) is 25.7 Å². The van der Waals surface area contributed by atoms with E-state index in [2.05, 4.69) is 22.0 Å². The molecule has 3 rings (SSSR count). The van der Waals surface area contributed by atoms with Gasteiger partial charge in [-0.05, 0) is 52.6 Å². The number of carbonyl (C=O) groups is 1. The number of guanidine groups is 1. The number of piperazine rings is 1. The highest BCUT2D eigenvalue weighted by Gasteiger charge is 2.36. The predicted molar refractivity (Wildman–Crippen MR) is 119 cm³/mol. The van der Waals surface area contributed by atoms with Crippen LogP contribution in [0.3, 0.4) is 0 Å². The van der Waals surface area contributed by atoms with E-state index in [0.717, 1.165) is 32.1 Å². The summed E-state index contributed by atoms with van der Waals surface area (Å²) >= 11 is 0. The van der Waals surface area contributed by atoms with Crippen LogP contribution in [-0.4, -0.2) is 90.8 Å². The molecule has 0 bridgehead atoms. The van der Waals surface area contributed by atoms with Gasteiger partial charge in [0.15, 0.2) is 5.96 Å². The zero-order chi connectivity index (χ0) is 18.7. The Kier molecular flexibility index (Phi) is 8.03. The molecule has 7 nitrogen and oxygen atoms in total. The van der Waals surface area contributed by atoms with Crippen molar-refractivity contribution in [1.29, 1.82) is 0 Å². The van der Waals surface area contributed by atoms with Gasteiger partial charge >= 0.3 is 6.09 Å². The van der Waals surface area contributed by atoms with Gasteiger partial charge in [-0.2, -0.15) is 0 Å². The molecule has 156 valence electrons. The molecular formula is C19H36IN5O2. The molecule has 0 radical (unpaired) electrons. The molecule has 0 aromatic rings. The number of ether oxygens (including phenoxy) is 1. The molecular weight excluding hydrogens is 457 g/mol. The van der Waals surface area contributed by atoms with Crippen molar-refractivity contribution >= 4 is 36.0 Å².